The molecule has 2 aliphatic rings. The lowest BCUT2D eigenvalue weighted by Crippen LogP contribution is -2.19. The Morgan fingerprint density at radius 2 is 2.07 bits per heavy atom. The molecule has 0 bridgehead atoms. The van der Waals surface area contributed by atoms with Gasteiger partial charge >= 0.3 is 0 Å². The summed E-state index contributed by atoms with van der Waals surface area (Å²) < 4.78 is 0. The SMILES string of the molecule is CC1=CC=C(C2=CC=CCC=C2)NC1. The molecule has 0 saturated carbocycles. The highest BCUT2D eigenvalue weighted by molar-refractivity contribution is 5.45. The van der Waals surface area contributed by atoms with Gasteiger partial charge in [-0.1, -0.05) is 42.0 Å². The van der Waals surface area contributed by atoms with Gasteiger partial charge in [0, 0.05) is 12.2 Å². The van der Waals surface area contributed by atoms with Crippen molar-refractivity contribution in [3.8, 4) is 0 Å². The van der Waals surface area contributed by atoms with E-state index in [4.69, 9.17) is 0 Å². The smallest absolute Gasteiger partial charge is 0.0416 e. The zero-order valence-corrected chi connectivity index (χ0v) is 8.46. The van der Waals surface area contributed by atoms with Crippen LogP contribution in [-0.4, -0.2) is 6.54 Å². The van der Waals surface area contributed by atoms with Crippen LogP contribution in [0.1, 0.15) is 13.3 Å². The van der Waals surface area contributed by atoms with E-state index >= 15 is 0 Å². The summed E-state index contributed by atoms with van der Waals surface area (Å²) in [4.78, 5) is 0. The van der Waals surface area contributed by atoms with Crippen LogP contribution in [0.2, 0.25) is 0 Å². The molecule has 1 nitrogen and oxygen atoms in total. The molecule has 1 aliphatic carbocycles. The summed E-state index contributed by atoms with van der Waals surface area (Å²) in [7, 11) is 0. The third-order valence-electron chi connectivity index (χ3n) is 2.38. The number of nitrogens with one attached hydrogen (secondary N) is 1. The molecule has 0 spiro atoms. The topological polar surface area (TPSA) is 12.0 Å². The zero-order chi connectivity index (χ0) is 9.80. The molecule has 1 heterocycles. The normalized spacial score (nSPS) is 20.5. The Labute approximate surface area is 85.2 Å². The number of hydrogen-bond acceptors (Lipinski definition) is 1. The first-order valence-corrected chi connectivity index (χ1v) is 5.01. The van der Waals surface area contributed by atoms with Crippen LogP contribution >= 0.6 is 0 Å². The summed E-state index contributed by atoms with van der Waals surface area (Å²) in [5.41, 5.74) is 3.86. The van der Waals surface area contributed by atoms with E-state index in [-0.39, 0.29) is 0 Å². The Bertz CT molecular complexity index is 365. The summed E-state index contributed by atoms with van der Waals surface area (Å²) >= 11 is 0. The van der Waals surface area contributed by atoms with Gasteiger partial charge in [0.05, 0.1) is 0 Å². The Hall–Kier alpha value is -1.50. The Morgan fingerprint density at radius 1 is 1.14 bits per heavy atom. The van der Waals surface area contributed by atoms with Crippen LogP contribution in [0.5, 0.6) is 0 Å². The second-order valence-corrected chi connectivity index (χ2v) is 3.64. The van der Waals surface area contributed by atoms with Gasteiger partial charge in [-0.15, -0.1) is 0 Å². The van der Waals surface area contributed by atoms with E-state index in [2.05, 4.69) is 54.8 Å². The van der Waals surface area contributed by atoms with Gasteiger partial charge < -0.3 is 5.32 Å². The molecule has 0 amide bonds. The lowest BCUT2D eigenvalue weighted by molar-refractivity contribution is 0.868. The minimum Gasteiger partial charge on any atom is -0.381 e. The third-order valence-corrected chi connectivity index (χ3v) is 2.38. The van der Waals surface area contributed by atoms with Gasteiger partial charge in [0.25, 0.3) is 0 Å². The Morgan fingerprint density at radius 3 is 2.86 bits per heavy atom. The quantitative estimate of drug-likeness (QED) is 0.662. The number of rotatable bonds is 1. The summed E-state index contributed by atoms with van der Waals surface area (Å²) in [5, 5.41) is 3.41. The monoisotopic (exact) mass is 185 g/mol. The fraction of sp³-hybridized carbons (Fsp3) is 0.231. The predicted octanol–water partition coefficient (Wildman–Crippen LogP) is 2.86. The van der Waals surface area contributed by atoms with Crippen molar-refractivity contribution in [2.45, 2.75) is 13.3 Å². The van der Waals surface area contributed by atoms with Crippen molar-refractivity contribution in [3.63, 3.8) is 0 Å². The molecule has 0 radical (unpaired) electrons. The van der Waals surface area contributed by atoms with Crippen molar-refractivity contribution in [2.24, 2.45) is 0 Å². The van der Waals surface area contributed by atoms with Gasteiger partial charge in [-0.2, -0.15) is 0 Å². The molecule has 1 heteroatoms. The highest BCUT2D eigenvalue weighted by atomic mass is 14.9. The number of dihydropyridines is 1. The first-order chi connectivity index (χ1) is 6.86. The highest BCUT2D eigenvalue weighted by Crippen LogP contribution is 2.15. The van der Waals surface area contributed by atoms with E-state index in [0.29, 0.717) is 0 Å². The molecule has 0 saturated heterocycles. The van der Waals surface area contributed by atoms with Crippen LogP contribution in [0.15, 0.2) is 59.4 Å². The van der Waals surface area contributed by atoms with Crippen LogP contribution in [-0.2, 0) is 0 Å². The maximum Gasteiger partial charge on any atom is 0.0416 e. The van der Waals surface area contributed by atoms with E-state index < -0.39 is 0 Å². The lowest BCUT2D eigenvalue weighted by atomic mass is 10.1. The van der Waals surface area contributed by atoms with Crippen molar-refractivity contribution in [1.82, 2.24) is 5.32 Å². The fourth-order valence-electron chi connectivity index (χ4n) is 1.54. The largest absolute Gasteiger partial charge is 0.381 e. The molecule has 72 valence electrons. The second kappa shape index (κ2) is 4.14. The van der Waals surface area contributed by atoms with Gasteiger partial charge in [-0.3, -0.25) is 0 Å². The molecule has 0 fully saturated rings. The summed E-state index contributed by atoms with van der Waals surface area (Å²) in [6.07, 6.45) is 16.1. The third kappa shape index (κ3) is 2.05. The maximum atomic E-state index is 3.41. The lowest BCUT2D eigenvalue weighted by Gasteiger charge is -2.15. The van der Waals surface area contributed by atoms with Gasteiger partial charge in [-0.05, 0) is 25.0 Å². The molecule has 0 aromatic heterocycles. The van der Waals surface area contributed by atoms with E-state index in [9.17, 15) is 0 Å². The molecule has 0 unspecified atom stereocenters. The van der Waals surface area contributed by atoms with Crippen LogP contribution in [0.4, 0.5) is 0 Å². The van der Waals surface area contributed by atoms with Crippen LogP contribution < -0.4 is 5.32 Å². The van der Waals surface area contributed by atoms with Crippen molar-refractivity contribution in [2.75, 3.05) is 6.54 Å². The van der Waals surface area contributed by atoms with E-state index in [1.807, 2.05) is 0 Å². The Kier molecular flexibility index (Phi) is 2.68. The van der Waals surface area contributed by atoms with Crippen molar-refractivity contribution >= 4 is 0 Å². The van der Waals surface area contributed by atoms with Crippen LogP contribution in [0.3, 0.4) is 0 Å². The van der Waals surface area contributed by atoms with Crippen molar-refractivity contribution < 1.29 is 0 Å². The number of allylic oxidation sites excluding steroid dienone is 7. The standard InChI is InChI=1S/C13H15N/c1-11-8-9-13(14-10-11)12-6-4-2-3-5-7-12/h2,4-9,14H,3,10H2,1H3. The predicted molar refractivity (Wildman–Crippen MR) is 60.8 cm³/mol. The molecule has 0 aromatic carbocycles. The van der Waals surface area contributed by atoms with E-state index in [0.717, 1.165) is 13.0 Å². The summed E-state index contributed by atoms with van der Waals surface area (Å²) in [6.45, 7) is 3.10. The first kappa shape index (κ1) is 9.07. The maximum absolute atomic E-state index is 3.41. The second-order valence-electron chi connectivity index (χ2n) is 3.64. The minimum atomic E-state index is 0.959. The molecule has 1 N–H and O–H groups in total. The average molecular weight is 185 g/mol. The summed E-state index contributed by atoms with van der Waals surface area (Å²) in [5.74, 6) is 0. The van der Waals surface area contributed by atoms with Gasteiger partial charge in [0.15, 0.2) is 0 Å². The molecule has 1 aliphatic heterocycles. The molecule has 0 atom stereocenters. The molecule has 14 heavy (non-hydrogen) atoms. The van der Waals surface area contributed by atoms with Gasteiger partial charge in [0.2, 0.25) is 0 Å². The summed E-state index contributed by atoms with van der Waals surface area (Å²) in [6, 6.07) is 0. The van der Waals surface area contributed by atoms with E-state index in [1.54, 1.807) is 0 Å². The van der Waals surface area contributed by atoms with Crippen LogP contribution in [0, 0.1) is 0 Å². The minimum absolute atomic E-state index is 0.959. The average Bonchev–Trinajstić information content (AvgIpc) is 2.47. The highest BCUT2D eigenvalue weighted by Gasteiger charge is 2.04. The van der Waals surface area contributed by atoms with Crippen molar-refractivity contribution in [1.29, 1.82) is 0 Å². The zero-order valence-electron chi connectivity index (χ0n) is 8.46. The van der Waals surface area contributed by atoms with Gasteiger partial charge in [0.1, 0.15) is 0 Å². The molecule has 0 aromatic rings. The Balaban J connectivity index is 2.23. The molecule has 2 rings (SSSR count). The van der Waals surface area contributed by atoms with Gasteiger partial charge in [-0.25, -0.2) is 0 Å². The fourth-order valence-corrected chi connectivity index (χ4v) is 1.54. The first-order valence-electron chi connectivity index (χ1n) is 5.01. The van der Waals surface area contributed by atoms with E-state index in [1.165, 1.54) is 16.8 Å². The number of hydrogen-bond donors (Lipinski definition) is 1. The van der Waals surface area contributed by atoms with Crippen molar-refractivity contribution in [3.05, 3.63) is 59.4 Å². The molecular weight excluding hydrogens is 170 g/mol. The molecular formula is C13H15N. The van der Waals surface area contributed by atoms with Crippen LogP contribution in [0.25, 0.3) is 0 Å².